The minimum Gasteiger partial charge on any atom is -0.511 e. The topological polar surface area (TPSA) is 350 Å². The first kappa shape index (κ1) is 71.7. The highest BCUT2D eigenvalue weighted by atomic mass is 16.8. The van der Waals surface area contributed by atoms with Gasteiger partial charge in [-0.25, -0.2) is 9.59 Å². The SMILES string of the molecule is COC(=O)C[C@H]1[C@@H](C)O[C@@H](O[C@H]2C/C=C(\C)[C@@H]3C=C[C@@H]4[C@@H](O[C@H]5C[C@@H](O[C@H]6CCC(O[C@H]7C[C@@H](O)C(O[C@H]8CC[C@@H](O)[C@H](C)O8)[C@H](C)O7)[C@H](C)O6)[C@@H](OC(C)=O)[C@H](C)O5)[C@@H](C)C[C@H](C)[C@H]4[C@]3(C)C(O)=C3C(=O)OC4(CC(C(=O)O)=C[C@H](O)[C@H]4/C=C/2C)C3=O)C[C@]1(C)[N+](=O)[O-]. The highest BCUT2D eigenvalue weighted by molar-refractivity contribution is 6.26. The average Bonchev–Trinajstić information content (AvgIpc) is 1.37. The molecule has 0 aromatic rings. The van der Waals surface area contributed by atoms with Gasteiger partial charge in [-0.15, -0.1) is 0 Å². The molecule has 29 atom stereocenters. The predicted molar refractivity (Wildman–Crippen MR) is 328 cm³/mol. The van der Waals surface area contributed by atoms with E-state index in [0.717, 1.165) is 6.08 Å². The van der Waals surface area contributed by atoms with Crippen molar-refractivity contribution in [2.75, 3.05) is 7.11 Å². The van der Waals surface area contributed by atoms with Crippen LogP contribution >= 0.6 is 0 Å². The summed E-state index contributed by atoms with van der Waals surface area (Å²) in [5, 5.41) is 69.9. The number of aliphatic carboxylic acids is 1. The summed E-state index contributed by atoms with van der Waals surface area (Å²) >= 11 is 0. The minimum atomic E-state index is -2.36. The fraction of sp³-hybridized carbons (Fsp3) is 0.779. The Morgan fingerprint density at radius 2 is 1.33 bits per heavy atom. The Labute approximate surface area is 548 Å². The number of carboxylic acid groups (broad SMARTS) is 1. The summed E-state index contributed by atoms with van der Waals surface area (Å²) in [6, 6.07) is 0. The van der Waals surface area contributed by atoms with Crippen LogP contribution in [-0.2, 0) is 85.6 Å². The molecule has 0 amide bonds. The van der Waals surface area contributed by atoms with Crippen LogP contribution in [-0.4, -0.2) is 195 Å². The monoisotopic (exact) mass is 1330 g/mol. The molecule has 10 rings (SSSR count). The maximum Gasteiger partial charge on any atom is 0.346 e. The number of allylic oxidation sites excluding steroid dienone is 3. The van der Waals surface area contributed by atoms with Crippen LogP contribution in [0.15, 0.2) is 58.4 Å². The fourth-order valence-corrected chi connectivity index (χ4v) is 17.2. The van der Waals surface area contributed by atoms with Crippen LogP contribution in [0.1, 0.15) is 154 Å². The third-order valence-corrected chi connectivity index (χ3v) is 22.2. The molecule has 6 heterocycles. The molecule has 10 aliphatic rings. The first-order chi connectivity index (χ1) is 44.3. The lowest BCUT2D eigenvalue weighted by atomic mass is 9.49. The normalized spacial score (nSPS) is 47.0. The Bertz CT molecular complexity index is 3010. The number of aliphatic hydroxyl groups is 4. The lowest BCUT2D eigenvalue weighted by Gasteiger charge is -2.56. The van der Waals surface area contributed by atoms with Crippen LogP contribution in [0, 0.1) is 57.0 Å². The van der Waals surface area contributed by atoms with Gasteiger partial charge in [0.05, 0.1) is 98.9 Å². The second-order valence-corrected chi connectivity index (χ2v) is 28.6. The number of methoxy groups -OCH3 is 1. The van der Waals surface area contributed by atoms with Gasteiger partial charge >= 0.3 is 23.9 Å². The summed E-state index contributed by atoms with van der Waals surface area (Å²) in [4.78, 5) is 80.9. The lowest BCUT2D eigenvalue weighted by molar-refractivity contribution is -0.592. The Balaban J connectivity index is 0.910. The van der Waals surface area contributed by atoms with Crippen LogP contribution < -0.4 is 0 Å². The highest BCUT2D eigenvalue weighted by Gasteiger charge is 2.65. The van der Waals surface area contributed by atoms with Gasteiger partial charge in [0.2, 0.25) is 11.3 Å². The maximum atomic E-state index is 15.6. The minimum absolute atomic E-state index is 0.0858. The number of hydrogen-bond donors (Lipinski definition) is 5. The first-order valence-corrected chi connectivity index (χ1v) is 33.4. The van der Waals surface area contributed by atoms with E-state index in [9.17, 15) is 54.8 Å². The molecule has 5 N–H and O–H groups in total. The molecule has 0 radical (unpaired) electrons. The van der Waals surface area contributed by atoms with Crippen LogP contribution in [0.2, 0.25) is 0 Å². The van der Waals surface area contributed by atoms with Gasteiger partial charge in [0.15, 0.2) is 43.2 Å². The number of hydrogen-bond acceptors (Lipinski definition) is 24. The van der Waals surface area contributed by atoms with Crippen molar-refractivity contribution < 1.29 is 116 Å². The van der Waals surface area contributed by atoms with E-state index in [1.807, 2.05) is 39.0 Å². The first-order valence-electron chi connectivity index (χ1n) is 33.4. The smallest absolute Gasteiger partial charge is 0.346 e. The molecule has 524 valence electrons. The van der Waals surface area contributed by atoms with E-state index >= 15 is 4.79 Å². The Hall–Kier alpha value is -5.07. The molecule has 3 unspecified atom stereocenters. The van der Waals surface area contributed by atoms with Crippen molar-refractivity contribution in [3.05, 3.63) is 68.5 Å². The maximum absolute atomic E-state index is 15.6. The number of rotatable bonds is 15. The van der Waals surface area contributed by atoms with Gasteiger partial charge in [0.25, 0.3) is 0 Å². The number of Topliss-reactive ketones (excluding diaryl/α,β-unsaturated/α-hetero) is 1. The van der Waals surface area contributed by atoms with Gasteiger partial charge in [-0.1, -0.05) is 50.6 Å². The zero-order valence-electron chi connectivity index (χ0n) is 56.0. The molecule has 4 aliphatic carbocycles. The van der Waals surface area contributed by atoms with Crippen molar-refractivity contribution >= 4 is 29.7 Å². The summed E-state index contributed by atoms with van der Waals surface area (Å²) in [6.45, 7) is 21.0. The average molecular weight is 1330 g/mol. The van der Waals surface area contributed by atoms with Crippen molar-refractivity contribution in [2.45, 2.75) is 282 Å². The molecule has 94 heavy (non-hydrogen) atoms. The van der Waals surface area contributed by atoms with Gasteiger partial charge in [0.1, 0.15) is 23.5 Å². The number of esters is 3. The van der Waals surface area contributed by atoms with Crippen molar-refractivity contribution in [3.8, 4) is 0 Å². The van der Waals surface area contributed by atoms with E-state index in [1.165, 1.54) is 27.0 Å². The number of carboxylic acids is 1. The predicted octanol–water partition coefficient (Wildman–Crippen LogP) is 6.70. The summed E-state index contributed by atoms with van der Waals surface area (Å²) < 4.78 is 81.6. The Kier molecular flexibility index (Phi) is 21.7. The summed E-state index contributed by atoms with van der Waals surface area (Å²) in [5.74, 6) is -9.97. The third kappa shape index (κ3) is 14.0. The van der Waals surface area contributed by atoms with Gasteiger partial charge in [-0.3, -0.25) is 24.5 Å². The van der Waals surface area contributed by atoms with E-state index in [4.69, 9.17) is 61.6 Å². The molecule has 2 bridgehead atoms. The van der Waals surface area contributed by atoms with Crippen LogP contribution in [0.5, 0.6) is 0 Å². The van der Waals surface area contributed by atoms with Crippen molar-refractivity contribution in [3.63, 3.8) is 0 Å². The number of carbonyl (C=O) groups excluding carboxylic acids is 4. The quantitative estimate of drug-likeness (QED) is 0.0284. The molecule has 6 aliphatic heterocycles. The molecule has 1 saturated carbocycles. The number of fused-ring (bicyclic) bond motifs is 4. The molecular formula is C68H97NO25. The molecule has 6 saturated heterocycles. The van der Waals surface area contributed by atoms with E-state index in [2.05, 4.69) is 6.92 Å². The van der Waals surface area contributed by atoms with Gasteiger partial charge in [0, 0.05) is 73.7 Å². The fourth-order valence-electron chi connectivity index (χ4n) is 17.2. The summed E-state index contributed by atoms with van der Waals surface area (Å²) in [5.41, 5.74) is -5.57. The number of nitrogens with zero attached hydrogens (tertiary/aromatic N) is 1. The number of aliphatic hydroxyl groups excluding tert-OH is 4. The second kappa shape index (κ2) is 28.4. The molecular weight excluding hydrogens is 1230 g/mol. The van der Waals surface area contributed by atoms with Crippen molar-refractivity contribution in [1.82, 2.24) is 0 Å². The molecule has 7 fully saturated rings. The largest absolute Gasteiger partial charge is 0.511 e. The standard InChI is InChI=1S/C68H97NO25/c1-30-14-18-48(89-56-29-66(11,69(80)81)43(34(5)83-56)25-51(74)82-13)31(2)23-44-46(72)24-40(64(77)78)28-68(44)63(76)57(65(79)94-68)62(75)67(12)42(30)16-15-41-58(67)32(3)22-33(4)59(41)93-55-27-50(61(38(9)87-55)88-39(10)70)91-52-21-19-49(36(7)85-52)90-54-26-47(73)60(37(8)86-54)92-53-20-17-45(71)35(6)84-53/h14-16,23-24,32-38,41-50,52-56,58-61,71-73,75H,17-22,25-29H2,1-13H3,(H,77,78)/b30-14+,31-23+,62-57?/t32-,33-,34+,35-,36-,37-,38-,41-,42-,43-,44+,45+,46-,47+,48-,49?,50+,52-,53-,54-,55-,56-,58+,59-,60?,61-,66-,67+,68?/m0/s1. The van der Waals surface area contributed by atoms with E-state index in [1.54, 1.807) is 41.5 Å². The van der Waals surface area contributed by atoms with Gasteiger partial charge in [-0.05, 0) is 104 Å². The van der Waals surface area contributed by atoms with E-state index in [-0.39, 0.29) is 43.9 Å². The van der Waals surface area contributed by atoms with E-state index in [0.29, 0.717) is 43.3 Å². The third-order valence-electron chi connectivity index (χ3n) is 22.2. The Morgan fingerprint density at radius 1 is 0.702 bits per heavy atom. The summed E-state index contributed by atoms with van der Waals surface area (Å²) in [7, 11) is 1.20. The van der Waals surface area contributed by atoms with Crippen LogP contribution in [0.25, 0.3) is 0 Å². The van der Waals surface area contributed by atoms with Crippen LogP contribution in [0.4, 0.5) is 0 Å². The second-order valence-electron chi connectivity index (χ2n) is 28.6. The highest BCUT2D eigenvalue weighted by Crippen LogP contribution is 2.61. The van der Waals surface area contributed by atoms with Gasteiger partial charge < -0.3 is 87.1 Å². The lowest BCUT2D eigenvalue weighted by Crippen LogP contribution is -2.57. The number of carbonyl (C=O) groups is 5. The molecule has 26 heteroatoms. The Morgan fingerprint density at radius 3 is 1.98 bits per heavy atom. The number of ketones is 1. The molecule has 26 nitrogen and oxygen atoms in total. The number of ether oxygens (including phenoxy) is 13. The zero-order valence-corrected chi connectivity index (χ0v) is 56.0. The molecule has 0 aromatic heterocycles. The molecule has 1 spiro atoms. The van der Waals surface area contributed by atoms with E-state index < -0.39 is 221 Å². The van der Waals surface area contributed by atoms with Gasteiger partial charge in [-0.2, -0.15) is 0 Å². The zero-order chi connectivity index (χ0) is 68.4. The van der Waals surface area contributed by atoms with Crippen molar-refractivity contribution in [2.24, 2.45) is 46.8 Å². The number of nitro groups is 1. The molecule has 0 aromatic carbocycles. The van der Waals surface area contributed by atoms with Crippen molar-refractivity contribution in [1.29, 1.82) is 0 Å². The summed E-state index contributed by atoms with van der Waals surface area (Å²) in [6.07, 6.45) is -4.97. The van der Waals surface area contributed by atoms with Crippen LogP contribution in [0.3, 0.4) is 0 Å².